The predicted octanol–water partition coefficient (Wildman–Crippen LogP) is 10.1. The Kier molecular flexibility index (Phi) is 38.2. The topological polar surface area (TPSA) is 126 Å². The van der Waals surface area contributed by atoms with Crippen LogP contribution in [0.3, 0.4) is 0 Å². The number of methoxy groups -OCH3 is 1. The van der Waals surface area contributed by atoms with E-state index >= 15 is 0 Å². The van der Waals surface area contributed by atoms with E-state index in [4.69, 9.17) is 47.4 Å². The van der Waals surface area contributed by atoms with Crippen molar-refractivity contribution in [2.75, 3.05) is 86.4 Å². The molecule has 0 bridgehead atoms. The lowest BCUT2D eigenvalue weighted by molar-refractivity contribution is -0.144. The molecule has 0 saturated carbocycles. The quantitative estimate of drug-likeness (QED) is 0.0349. The van der Waals surface area contributed by atoms with E-state index in [0.29, 0.717) is 43.5 Å². The fraction of sp³-hybridized carbons (Fsp3) is 0.979. The predicted molar refractivity (Wildman–Crippen MR) is 233 cm³/mol. The van der Waals surface area contributed by atoms with Crippen LogP contribution in [0.2, 0.25) is 0 Å². The molecule has 5 aliphatic heterocycles. The molecule has 0 radical (unpaired) electrons. The Labute approximate surface area is 356 Å². The van der Waals surface area contributed by atoms with Gasteiger partial charge in [0.05, 0.1) is 65.6 Å². The van der Waals surface area contributed by atoms with Crippen LogP contribution >= 0.6 is 0 Å². The number of ether oxygens (including phenoxy) is 10. The number of hydrogen-bond acceptors (Lipinski definition) is 11. The van der Waals surface area contributed by atoms with Crippen LogP contribution in [0.1, 0.15) is 170 Å². The van der Waals surface area contributed by atoms with Gasteiger partial charge in [0.15, 0.2) is 0 Å². The molecule has 346 valence electrons. The van der Waals surface area contributed by atoms with Crippen LogP contribution in [0.25, 0.3) is 0 Å². The molecule has 0 aliphatic carbocycles. The summed E-state index contributed by atoms with van der Waals surface area (Å²) in [7, 11) is 1.68. The van der Waals surface area contributed by atoms with Gasteiger partial charge in [0.1, 0.15) is 37.1 Å². The first-order chi connectivity index (χ1) is 28.3. The van der Waals surface area contributed by atoms with Gasteiger partial charge in [0.25, 0.3) is 0 Å². The summed E-state index contributed by atoms with van der Waals surface area (Å²) >= 11 is 0. The number of carbonyl (C=O) groups is 1. The largest absolute Gasteiger partial charge is 0.463 e. The van der Waals surface area contributed by atoms with E-state index in [1.54, 1.807) is 7.11 Å². The molecule has 11 nitrogen and oxygen atoms in total. The van der Waals surface area contributed by atoms with Crippen molar-refractivity contribution in [1.82, 2.24) is 0 Å². The van der Waals surface area contributed by atoms with E-state index in [9.17, 15) is 4.79 Å². The maximum Gasteiger partial charge on any atom is 0.305 e. The molecule has 0 N–H and O–H groups in total. The molecule has 0 spiro atoms. The lowest BCUT2D eigenvalue weighted by Gasteiger charge is -2.13. The molecule has 6 atom stereocenters. The van der Waals surface area contributed by atoms with Crippen LogP contribution in [-0.4, -0.2) is 129 Å². The SMILES string of the molecule is CC(C)OCC1CO1.CCCCC(CC)COCC1CO1.CCCCCCCCCCCCCCCCCC(=O)OCC1CO1.CCOCC1CO1.COCC1CO1. The third-order valence-corrected chi connectivity index (χ3v) is 10.1. The second-order valence-electron chi connectivity index (χ2n) is 16.6. The van der Waals surface area contributed by atoms with Crippen molar-refractivity contribution in [3.05, 3.63) is 0 Å². The summed E-state index contributed by atoms with van der Waals surface area (Å²) in [6.07, 6.45) is 28.2. The summed E-state index contributed by atoms with van der Waals surface area (Å²) in [6.45, 7) is 22.5. The van der Waals surface area contributed by atoms with Gasteiger partial charge in [0.2, 0.25) is 0 Å². The second-order valence-corrected chi connectivity index (χ2v) is 16.6. The minimum Gasteiger partial charge on any atom is -0.463 e. The van der Waals surface area contributed by atoms with Crippen molar-refractivity contribution < 1.29 is 52.2 Å². The number of carbonyl (C=O) groups excluding carboxylic acids is 1. The maximum absolute atomic E-state index is 11.4. The minimum atomic E-state index is -0.0554. The Morgan fingerprint density at radius 1 is 0.534 bits per heavy atom. The van der Waals surface area contributed by atoms with Crippen LogP contribution < -0.4 is 0 Å². The Hall–Kier alpha value is -0.890. The standard InChI is InChI=1S/C21H40O3.C11H22O2.C6H12O2.C5H10O2.C4H8O2/c1-2-3-4-5-6-7-8-9-10-11-12-13-14-15-16-17-21(22)24-19-20-18-23-20;1-3-5-6-10(4-2)7-12-8-11-9-13-11;1-5(2)7-3-6-4-8-6;1-2-6-3-5-4-7-5;1-5-2-4-3-6-4/h20H,2-19H2,1H3;10-11H,3-9H2,1-2H3;5-6H,3-4H2,1-2H3;5H,2-4H2,1H3;4H,2-3H2,1H3. The Morgan fingerprint density at radius 2 is 0.948 bits per heavy atom. The highest BCUT2D eigenvalue weighted by Gasteiger charge is 2.25. The summed E-state index contributed by atoms with van der Waals surface area (Å²) in [6, 6.07) is 0. The van der Waals surface area contributed by atoms with Gasteiger partial charge >= 0.3 is 5.97 Å². The molecular formula is C47H92O11. The number of unbranched alkanes of at least 4 members (excludes halogenated alkanes) is 15. The lowest BCUT2D eigenvalue weighted by atomic mass is 10.0. The Morgan fingerprint density at radius 3 is 1.34 bits per heavy atom. The van der Waals surface area contributed by atoms with E-state index in [0.717, 1.165) is 91.4 Å². The van der Waals surface area contributed by atoms with Crippen LogP contribution in [-0.2, 0) is 52.2 Å². The fourth-order valence-corrected chi connectivity index (χ4v) is 5.72. The monoisotopic (exact) mass is 833 g/mol. The van der Waals surface area contributed by atoms with Gasteiger partial charge in [-0.3, -0.25) is 4.79 Å². The van der Waals surface area contributed by atoms with Gasteiger partial charge in [0, 0.05) is 26.7 Å². The van der Waals surface area contributed by atoms with E-state index < -0.39 is 0 Å². The summed E-state index contributed by atoms with van der Waals surface area (Å²) in [4.78, 5) is 11.4. The number of esters is 1. The highest BCUT2D eigenvalue weighted by molar-refractivity contribution is 5.69. The van der Waals surface area contributed by atoms with E-state index in [1.165, 1.54) is 109 Å². The van der Waals surface area contributed by atoms with Crippen LogP contribution in [0.5, 0.6) is 0 Å². The molecule has 5 saturated heterocycles. The molecule has 5 aliphatic rings. The molecular weight excluding hydrogens is 741 g/mol. The van der Waals surface area contributed by atoms with Crippen molar-refractivity contribution in [1.29, 1.82) is 0 Å². The Balaban J connectivity index is 0.000000408. The Bertz CT molecular complexity index is 856. The zero-order valence-corrected chi connectivity index (χ0v) is 38.7. The molecule has 5 fully saturated rings. The van der Waals surface area contributed by atoms with Gasteiger partial charge in [-0.2, -0.15) is 0 Å². The van der Waals surface area contributed by atoms with E-state index in [1.807, 2.05) is 20.8 Å². The number of hydrogen-bond donors (Lipinski definition) is 0. The van der Waals surface area contributed by atoms with E-state index in [-0.39, 0.29) is 12.1 Å². The second kappa shape index (κ2) is 40.2. The van der Waals surface area contributed by atoms with Crippen molar-refractivity contribution in [3.8, 4) is 0 Å². The minimum absolute atomic E-state index is 0.0554. The average Bonchev–Trinajstić information content (AvgIpc) is 4.02. The van der Waals surface area contributed by atoms with Gasteiger partial charge < -0.3 is 47.4 Å². The average molecular weight is 833 g/mol. The van der Waals surface area contributed by atoms with Crippen LogP contribution in [0, 0.1) is 5.92 Å². The fourth-order valence-electron chi connectivity index (χ4n) is 5.72. The molecule has 0 aromatic carbocycles. The lowest BCUT2D eigenvalue weighted by Crippen LogP contribution is -2.11. The van der Waals surface area contributed by atoms with Gasteiger partial charge in [-0.1, -0.05) is 130 Å². The summed E-state index contributed by atoms with van der Waals surface area (Å²) < 4.78 is 50.5. The van der Waals surface area contributed by atoms with Crippen LogP contribution in [0.4, 0.5) is 0 Å². The van der Waals surface area contributed by atoms with E-state index in [2.05, 4.69) is 20.8 Å². The van der Waals surface area contributed by atoms with Crippen molar-refractivity contribution in [2.45, 2.75) is 207 Å². The first-order valence-corrected chi connectivity index (χ1v) is 23.8. The number of rotatable bonds is 34. The molecule has 0 aromatic rings. The first-order valence-electron chi connectivity index (χ1n) is 23.8. The van der Waals surface area contributed by atoms with Gasteiger partial charge in [-0.15, -0.1) is 0 Å². The third kappa shape index (κ3) is 44.7. The molecule has 0 aromatic heterocycles. The summed E-state index contributed by atoms with van der Waals surface area (Å²) in [5.41, 5.74) is 0. The molecule has 0 amide bonds. The highest BCUT2D eigenvalue weighted by Crippen LogP contribution is 2.16. The molecule has 6 unspecified atom stereocenters. The highest BCUT2D eigenvalue weighted by atomic mass is 16.6. The zero-order valence-electron chi connectivity index (χ0n) is 38.7. The van der Waals surface area contributed by atoms with Gasteiger partial charge in [-0.05, 0) is 39.5 Å². The summed E-state index contributed by atoms with van der Waals surface area (Å²) in [5.74, 6) is 0.707. The first kappa shape index (κ1) is 55.1. The normalized spacial score (nSPS) is 22.1. The van der Waals surface area contributed by atoms with Crippen LogP contribution in [0.15, 0.2) is 0 Å². The smallest absolute Gasteiger partial charge is 0.305 e. The van der Waals surface area contributed by atoms with Crippen molar-refractivity contribution >= 4 is 5.97 Å². The third-order valence-electron chi connectivity index (χ3n) is 10.1. The molecule has 5 heterocycles. The number of epoxide rings is 5. The molecule has 5 rings (SSSR count). The van der Waals surface area contributed by atoms with Gasteiger partial charge in [-0.25, -0.2) is 0 Å². The zero-order chi connectivity index (χ0) is 42.3. The molecule has 58 heavy (non-hydrogen) atoms. The molecule has 11 heteroatoms. The summed E-state index contributed by atoms with van der Waals surface area (Å²) in [5, 5.41) is 0. The maximum atomic E-state index is 11.4. The van der Waals surface area contributed by atoms with Crippen molar-refractivity contribution in [2.24, 2.45) is 5.92 Å². The van der Waals surface area contributed by atoms with Crippen molar-refractivity contribution in [3.63, 3.8) is 0 Å².